The molecule has 6 nitrogen and oxygen atoms in total. The van der Waals surface area contributed by atoms with E-state index in [0.29, 0.717) is 6.54 Å². The van der Waals surface area contributed by atoms with Crippen molar-refractivity contribution < 1.29 is 33.0 Å². The van der Waals surface area contributed by atoms with E-state index in [1.165, 1.54) is 6.07 Å². The summed E-state index contributed by atoms with van der Waals surface area (Å²) in [7, 11) is 0. The van der Waals surface area contributed by atoms with Gasteiger partial charge in [-0.25, -0.2) is 0 Å². The van der Waals surface area contributed by atoms with E-state index >= 15 is 0 Å². The fourth-order valence-corrected chi connectivity index (χ4v) is 3.42. The second-order valence-corrected chi connectivity index (χ2v) is 6.49. The fraction of sp³-hybridized carbons (Fsp3) is 0.500. The first kappa shape index (κ1) is 17.5. The topological polar surface area (TPSA) is 89.9 Å². The number of carboxylic acids is 1. The minimum Gasteiger partial charge on any atom is -0.508 e. The smallest absolute Gasteiger partial charge is 0.406 e. The molecule has 0 aliphatic carbocycles. The van der Waals surface area contributed by atoms with Gasteiger partial charge in [0, 0.05) is 19.6 Å². The van der Waals surface area contributed by atoms with Gasteiger partial charge < -0.3 is 20.4 Å². The van der Waals surface area contributed by atoms with Crippen LogP contribution in [0.2, 0.25) is 0 Å². The highest BCUT2D eigenvalue weighted by atomic mass is 19.4. The summed E-state index contributed by atoms with van der Waals surface area (Å²) in [6, 6.07) is 4.01. The van der Waals surface area contributed by atoms with Crippen molar-refractivity contribution in [2.24, 2.45) is 5.41 Å². The number of hydrogen-bond acceptors (Lipinski definition) is 4. The van der Waals surface area contributed by atoms with E-state index in [4.69, 9.17) is 5.11 Å². The Morgan fingerprint density at radius 2 is 2.00 bits per heavy atom. The minimum absolute atomic E-state index is 0.0984. The third-order valence-corrected chi connectivity index (χ3v) is 4.98. The summed E-state index contributed by atoms with van der Waals surface area (Å²) in [6.45, 7) is -0.812. The summed E-state index contributed by atoms with van der Waals surface area (Å²) in [5, 5.41) is 21.5. The van der Waals surface area contributed by atoms with Crippen LogP contribution in [0.25, 0.3) is 0 Å². The molecule has 0 bridgehead atoms. The molecule has 1 unspecified atom stereocenters. The van der Waals surface area contributed by atoms with Gasteiger partial charge >= 0.3 is 12.1 Å². The number of fused-ring (bicyclic) bond motifs is 1. The zero-order valence-electron chi connectivity index (χ0n) is 13.1. The van der Waals surface area contributed by atoms with E-state index in [2.05, 4.69) is 5.32 Å². The number of alkyl halides is 3. The molecular formula is C16H17F3N2O4. The number of likely N-dealkylation sites (tertiary alicyclic amines) is 1. The summed E-state index contributed by atoms with van der Waals surface area (Å²) >= 11 is 0. The Balaban J connectivity index is 1.75. The van der Waals surface area contributed by atoms with Crippen molar-refractivity contribution in [2.45, 2.75) is 31.6 Å². The third kappa shape index (κ3) is 2.92. The average Bonchev–Trinajstić information content (AvgIpc) is 3.00. The lowest BCUT2D eigenvalue weighted by Gasteiger charge is -2.31. The zero-order chi connectivity index (χ0) is 18.4. The summed E-state index contributed by atoms with van der Waals surface area (Å²) < 4.78 is 39.7. The van der Waals surface area contributed by atoms with Crippen LogP contribution >= 0.6 is 0 Å². The first-order valence-corrected chi connectivity index (χ1v) is 7.77. The summed E-state index contributed by atoms with van der Waals surface area (Å²) in [5.74, 6) is -2.39. The molecule has 2 aliphatic heterocycles. The number of phenols is 1. The van der Waals surface area contributed by atoms with Gasteiger partial charge in [-0.05, 0) is 36.1 Å². The first-order valence-electron chi connectivity index (χ1n) is 7.77. The van der Waals surface area contributed by atoms with Crippen LogP contribution in [0.3, 0.4) is 0 Å². The van der Waals surface area contributed by atoms with Crippen molar-refractivity contribution in [3.05, 3.63) is 29.3 Å². The number of rotatable bonds is 2. The second kappa shape index (κ2) is 5.91. The van der Waals surface area contributed by atoms with E-state index < -0.39 is 42.5 Å². The standard InChI is InChI=1S/C16H17F3N2O4/c17-16(18,19)15(14(24)25)3-4-21(8-15)13(23)12-6-9-1-2-11(22)5-10(9)7-20-12/h1-2,5,12,20,22H,3-4,6-8H2,(H,24,25)/t12-,15?/m1/s1. The molecule has 1 saturated heterocycles. The van der Waals surface area contributed by atoms with Crippen molar-refractivity contribution >= 4 is 11.9 Å². The van der Waals surface area contributed by atoms with Crippen LogP contribution in [0.15, 0.2) is 18.2 Å². The largest absolute Gasteiger partial charge is 0.508 e. The Kier molecular flexibility index (Phi) is 4.14. The molecule has 0 spiro atoms. The van der Waals surface area contributed by atoms with Crippen molar-refractivity contribution in [1.82, 2.24) is 10.2 Å². The predicted octanol–water partition coefficient (Wildman–Crippen LogP) is 1.27. The number of carbonyl (C=O) groups is 2. The maximum atomic E-state index is 13.2. The molecule has 2 atom stereocenters. The van der Waals surface area contributed by atoms with Gasteiger partial charge in [0.2, 0.25) is 5.91 Å². The minimum atomic E-state index is -4.92. The van der Waals surface area contributed by atoms with Crippen LogP contribution in [0, 0.1) is 5.41 Å². The van der Waals surface area contributed by atoms with E-state index in [-0.39, 0.29) is 18.7 Å². The second-order valence-electron chi connectivity index (χ2n) is 6.49. The number of amides is 1. The van der Waals surface area contributed by atoms with Gasteiger partial charge in [-0.1, -0.05) is 6.07 Å². The highest BCUT2D eigenvalue weighted by Gasteiger charge is 2.64. The molecular weight excluding hydrogens is 341 g/mol. The number of aliphatic carboxylic acids is 1. The fourth-order valence-electron chi connectivity index (χ4n) is 3.42. The maximum Gasteiger partial charge on any atom is 0.406 e. The number of benzene rings is 1. The quantitative estimate of drug-likeness (QED) is 0.741. The molecule has 1 aromatic carbocycles. The molecule has 0 aromatic heterocycles. The summed E-state index contributed by atoms with van der Waals surface area (Å²) in [6.07, 6.45) is -5.29. The normalized spacial score (nSPS) is 26.4. The van der Waals surface area contributed by atoms with Crippen LogP contribution < -0.4 is 5.32 Å². The van der Waals surface area contributed by atoms with E-state index in [1.807, 2.05) is 0 Å². The van der Waals surface area contributed by atoms with Gasteiger partial charge in [0.25, 0.3) is 0 Å². The number of hydrogen-bond donors (Lipinski definition) is 3. The molecule has 1 fully saturated rings. The van der Waals surface area contributed by atoms with E-state index in [9.17, 15) is 27.9 Å². The lowest BCUT2D eigenvalue weighted by molar-refractivity contribution is -0.227. The van der Waals surface area contributed by atoms with Crippen molar-refractivity contribution in [3.63, 3.8) is 0 Å². The molecule has 1 aromatic rings. The highest BCUT2D eigenvalue weighted by Crippen LogP contribution is 2.45. The third-order valence-electron chi connectivity index (χ3n) is 4.98. The lowest BCUT2D eigenvalue weighted by Crippen LogP contribution is -2.52. The van der Waals surface area contributed by atoms with Crippen molar-refractivity contribution in [3.8, 4) is 5.75 Å². The van der Waals surface area contributed by atoms with Gasteiger partial charge in [-0.3, -0.25) is 9.59 Å². The molecule has 1 amide bonds. The number of aromatic hydroxyl groups is 1. The van der Waals surface area contributed by atoms with Gasteiger partial charge in [-0.2, -0.15) is 13.2 Å². The Morgan fingerprint density at radius 1 is 1.28 bits per heavy atom. The van der Waals surface area contributed by atoms with Gasteiger partial charge in [0.15, 0.2) is 5.41 Å². The predicted molar refractivity (Wildman–Crippen MR) is 79.8 cm³/mol. The molecule has 9 heteroatoms. The van der Waals surface area contributed by atoms with Crippen molar-refractivity contribution in [2.75, 3.05) is 13.1 Å². The summed E-state index contributed by atoms with van der Waals surface area (Å²) in [4.78, 5) is 24.8. The Morgan fingerprint density at radius 3 is 2.60 bits per heavy atom. The molecule has 3 rings (SSSR count). The Bertz CT molecular complexity index is 722. The number of phenolic OH excluding ortho intramolecular Hbond substituents is 1. The Labute approximate surface area is 141 Å². The van der Waals surface area contributed by atoms with Crippen LogP contribution in [-0.4, -0.2) is 52.3 Å². The van der Waals surface area contributed by atoms with E-state index in [1.54, 1.807) is 12.1 Å². The number of halogens is 3. The number of nitrogens with one attached hydrogen (secondary N) is 1. The lowest BCUT2D eigenvalue weighted by atomic mass is 9.86. The van der Waals surface area contributed by atoms with Gasteiger partial charge in [0.05, 0.1) is 6.04 Å². The molecule has 2 heterocycles. The van der Waals surface area contributed by atoms with Crippen LogP contribution in [-0.2, 0) is 22.6 Å². The van der Waals surface area contributed by atoms with Crippen molar-refractivity contribution in [1.29, 1.82) is 0 Å². The maximum absolute atomic E-state index is 13.2. The number of nitrogens with zero attached hydrogens (tertiary/aromatic N) is 1. The van der Waals surface area contributed by atoms with Crippen LogP contribution in [0.5, 0.6) is 5.75 Å². The molecule has 0 saturated carbocycles. The zero-order valence-corrected chi connectivity index (χ0v) is 13.1. The molecule has 2 aliphatic rings. The molecule has 0 radical (unpaired) electrons. The first-order chi connectivity index (χ1) is 11.6. The SMILES string of the molecule is O=C([C@H]1Cc2ccc(O)cc2CN1)N1CCC(C(=O)O)(C(F)(F)F)C1. The van der Waals surface area contributed by atoms with Gasteiger partial charge in [-0.15, -0.1) is 0 Å². The molecule has 25 heavy (non-hydrogen) atoms. The number of carbonyl (C=O) groups excluding carboxylic acids is 1. The van der Waals surface area contributed by atoms with Crippen LogP contribution in [0.1, 0.15) is 17.5 Å². The Hall–Kier alpha value is -2.29. The van der Waals surface area contributed by atoms with E-state index in [0.717, 1.165) is 16.0 Å². The highest BCUT2D eigenvalue weighted by molar-refractivity contribution is 5.85. The molecule has 136 valence electrons. The van der Waals surface area contributed by atoms with Gasteiger partial charge in [0.1, 0.15) is 5.75 Å². The number of carboxylic acid groups (broad SMARTS) is 1. The van der Waals surface area contributed by atoms with Crippen LogP contribution in [0.4, 0.5) is 13.2 Å². The summed E-state index contributed by atoms with van der Waals surface area (Å²) in [5.41, 5.74) is -1.25. The molecule has 3 N–H and O–H groups in total. The monoisotopic (exact) mass is 358 g/mol. The average molecular weight is 358 g/mol.